The molecule has 2 rings (SSSR count). The van der Waals surface area contributed by atoms with Crippen molar-refractivity contribution in [3.8, 4) is 5.75 Å². The fourth-order valence-corrected chi connectivity index (χ4v) is 1.84. The lowest BCUT2D eigenvalue weighted by Gasteiger charge is -2.17. The van der Waals surface area contributed by atoms with Crippen molar-refractivity contribution >= 4 is 5.71 Å². The van der Waals surface area contributed by atoms with E-state index in [9.17, 15) is 0 Å². The molecule has 0 saturated heterocycles. The van der Waals surface area contributed by atoms with Gasteiger partial charge in [0.1, 0.15) is 5.75 Å². The van der Waals surface area contributed by atoms with Gasteiger partial charge in [-0.1, -0.05) is 0 Å². The lowest BCUT2D eigenvalue weighted by Crippen LogP contribution is -2.17. The Morgan fingerprint density at radius 2 is 2.20 bits per heavy atom. The minimum Gasteiger partial charge on any atom is -0.497 e. The van der Waals surface area contributed by atoms with Crippen molar-refractivity contribution in [2.45, 2.75) is 6.42 Å². The van der Waals surface area contributed by atoms with Gasteiger partial charge in [-0.05, 0) is 30.2 Å². The van der Waals surface area contributed by atoms with E-state index >= 15 is 0 Å². The first-order valence-corrected chi connectivity index (χ1v) is 5.04. The van der Waals surface area contributed by atoms with Gasteiger partial charge in [0.15, 0.2) is 0 Å². The van der Waals surface area contributed by atoms with E-state index in [2.05, 4.69) is 17.1 Å². The maximum atomic E-state index is 5.20. The van der Waals surface area contributed by atoms with Crippen LogP contribution in [0.2, 0.25) is 0 Å². The second-order valence-corrected chi connectivity index (χ2v) is 3.53. The van der Waals surface area contributed by atoms with Crippen LogP contribution in [0.5, 0.6) is 5.75 Å². The normalized spacial score (nSPS) is 14.4. The molecule has 0 bridgehead atoms. The monoisotopic (exact) mass is 205 g/mol. The Morgan fingerprint density at radius 3 is 2.93 bits per heavy atom. The Morgan fingerprint density at radius 1 is 1.33 bits per heavy atom. The van der Waals surface area contributed by atoms with Crippen molar-refractivity contribution in [3.05, 3.63) is 29.3 Å². The zero-order valence-electron chi connectivity index (χ0n) is 9.12. The predicted octanol–water partition coefficient (Wildman–Crippen LogP) is 1.69. The Hall–Kier alpha value is -1.35. The third-order valence-corrected chi connectivity index (χ3v) is 2.59. The molecule has 3 nitrogen and oxygen atoms in total. The summed E-state index contributed by atoms with van der Waals surface area (Å²) in [6, 6.07) is 6.11. The third-order valence-electron chi connectivity index (χ3n) is 2.59. The first-order chi connectivity index (χ1) is 7.35. The van der Waals surface area contributed by atoms with Crippen LogP contribution >= 0.6 is 0 Å². The van der Waals surface area contributed by atoms with Gasteiger partial charge in [-0.2, -0.15) is 0 Å². The number of benzene rings is 1. The average Bonchev–Trinajstić information content (AvgIpc) is 2.29. The van der Waals surface area contributed by atoms with Gasteiger partial charge in [-0.25, -0.2) is 0 Å². The molecule has 0 N–H and O–H groups in total. The molecule has 1 aromatic rings. The fourth-order valence-electron chi connectivity index (χ4n) is 1.84. The number of nitrogens with zero attached hydrogens (tertiary/aromatic N) is 1. The van der Waals surface area contributed by atoms with Gasteiger partial charge < -0.3 is 9.47 Å². The Kier molecular flexibility index (Phi) is 3.02. The quantitative estimate of drug-likeness (QED) is 0.751. The number of methoxy groups -OCH3 is 2. The zero-order valence-corrected chi connectivity index (χ0v) is 9.12. The van der Waals surface area contributed by atoms with E-state index in [-0.39, 0.29) is 0 Å². The molecule has 0 aliphatic carbocycles. The molecule has 0 aromatic heterocycles. The molecule has 1 aliphatic rings. The van der Waals surface area contributed by atoms with E-state index in [0.717, 1.165) is 24.4 Å². The highest BCUT2D eigenvalue weighted by atomic mass is 16.5. The lowest BCUT2D eigenvalue weighted by molar-refractivity contribution is 0.245. The summed E-state index contributed by atoms with van der Waals surface area (Å²) in [5, 5.41) is 0. The van der Waals surface area contributed by atoms with E-state index in [1.54, 1.807) is 14.2 Å². The van der Waals surface area contributed by atoms with Gasteiger partial charge in [-0.3, -0.25) is 4.99 Å². The second kappa shape index (κ2) is 4.45. The number of hydrogen-bond donors (Lipinski definition) is 0. The van der Waals surface area contributed by atoms with Crippen molar-refractivity contribution in [1.29, 1.82) is 0 Å². The summed E-state index contributed by atoms with van der Waals surface area (Å²) < 4.78 is 10.3. The predicted molar refractivity (Wildman–Crippen MR) is 60.0 cm³/mol. The Bertz CT molecular complexity index is 385. The topological polar surface area (TPSA) is 30.8 Å². The van der Waals surface area contributed by atoms with Crippen LogP contribution in [0.4, 0.5) is 0 Å². The van der Waals surface area contributed by atoms with Crippen LogP contribution in [-0.4, -0.2) is 33.1 Å². The number of hydrogen-bond acceptors (Lipinski definition) is 3. The van der Waals surface area contributed by atoms with Crippen molar-refractivity contribution in [3.63, 3.8) is 0 Å². The van der Waals surface area contributed by atoms with Crippen molar-refractivity contribution in [2.24, 2.45) is 4.99 Å². The molecule has 0 saturated carbocycles. The number of fused-ring (bicyclic) bond motifs is 1. The highest BCUT2D eigenvalue weighted by Gasteiger charge is 2.14. The van der Waals surface area contributed by atoms with E-state index in [4.69, 9.17) is 9.47 Å². The van der Waals surface area contributed by atoms with Crippen molar-refractivity contribution in [2.75, 3.05) is 27.4 Å². The molecule has 15 heavy (non-hydrogen) atoms. The summed E-state index contributed by atoms with van der Waals surface area (Å²) in [4.78, 5) is 4.47. The van der Waals surface area contributed by atoms with E-state index in [0.29, 0.717) is 6.61 Å². The van der Waals surface area contributed by atoms with Gasteiger partial charge in [0.05, 0.1) is 19.4 Å². The highest BCUT2D eigenvalue weighted by molar-refractivity contribution is 6.03. The van der Waals surface area contributed by atoms with Crippen LogP contribution in [0.15, 0.2) is 23.2 Å². The molecule has 0 unspecified atom stereocenters. The molecule has 80 valence electrons. The molecule has 0 atom stereocenters. The summed E-state index contributed by atoms with van der Waals surface area (Å²) in [6.07, 6.45) is 0.986. The molecular formula is C12H15NO2. The largest absolute Gasteiger partial charge is 0.497 e. The number of aliphatic imine (C=N–C) groups is 1. The van der Waals surface area contributed by atoms with Gasteiger partial charge in [0.25, 0.3) is 0 Å². The SMILES string of the molecule is COCC1=NCCc2cc(OC)ccc21. The molecule has 1 heterocycles. The van der Waals surface area contributed by atoms with Crippen LogP contribution in [0, 0.1) is 0 Å². The first kappa shape index (κ1) is 10.2. The van der Waals surface area contributed by atoms with Gasteiger partial charge >= 0.3 is 0 Å². The summed E-state index contributed by atoms with van der Waals surface area (Å²) in [5.41, 5.74) is 3.54. The van der Waals surface area contributed by atoms with Gasteiger partial charge in [0.2, 0.25) is 0 Å². The third kappa shape index (κ3) is 2.02. The molecule has 3 heteroatoms. The highest BCUT2D eigenvalue weighted by Crippen LogP contribution is 2.21. The van der Waals surface area contributed by atoms with Crippen LogP contribution in [0.1, 0.15) is 11.1 Å². The van der Waals surface area contributed by atoms with Gasteiger partial charge in [-0.15, -0.1) is 0 Å². The summed E-state index contributed by atoms with van der Waals surface area (Å²) in [7, 11) is 3.38. The van der Waals surface area contributed by atoms with E-state index in [1.165, 1.54) is 11.1 Å². The lowest BCUT2D eigenvalue weighted by atomic mass is 9.98. The molecule has 1 aliphatic heterocycles. The van der Waals surface area contributed by atoms with E-state index < -0.39 is 0 Å². The smallest absolute Gasteiger partial charge is 0.119 e. The summed E-state index contributed by atoms with van der Waals surface area (Å²) in [5.74, 6) is 0.910. The summed E-state index contributed by atoms with van der Waals surface area (Å²) >= 11 is 0. The first-order valence-electron chi connectivity index (χ1n) is 5.04. The average molecular weight is 205 g/mol. The maximum Gasteiger partial charge on any atom is 0.119 e. The Balaban J connectivity index is 2.35. The van der Waals surface area contributed by atoms with Crippen LogP contribution in [0.3, 0.4) is 0 Å². The maximum absolute atomic E-state index is 5.20. The van der Waals surface area contributed by atoms with Crippen molar-refractivity contribution < 1.29 is 9.47 Å². The van der Waals surface area contributed by atoms with Crippen LogP contribution in [0.25, 0.3) is 0 Å². The van der Waals surface area contributed by atoms with Crippen LogP contribution < -0.4 is 4.74 Å². The summed E-state index contributed by atoms with van der Waals surface area (Å²) in [6.45, 7) is 1.43. The van der Waals surface area contributed by atoms with Crippen LogP contribution in [-0.2, 0) is 11.2 Å². The minimum absolute atomic E-state index is 0.583. The molecule has 0 radical (unpaired) electrons. The minimum atomic E-state index is 0.583. The molecular weight excluding hydrogens is 190 g/mol. The second-order valence-electron chi connectivity index (χ2n) is 3.53. The Labute approximate surface area is 89.7 Å². The molecule has 1 aromatic carbocycles. The van der Waals surface area contributed by atoms with E-state index in [1.807, 2.05) is 6.07 Å². The van der Waals surface area contributed by atoms with Gasteiger partial charge in [0, 0.05) is 19.2 Å². The molecule has 0 amide bonds. The number of rotatable bonds is 3. The zero-order chi connectivity index (χ0) is 10.7. The molecule has 0 fully saturated rings. The number of ether oxygens (including phenoxy) is 2. The van der Waals surface area contributed by atoms with Crippen molar-refractivity contribution in [1.82, 2.24) is 0 Å². The molecule has 0 spiro atoms. The fraction of sp³-hybridized carbons (Fsp3) is 0.417. The standard InChI is InChI=1S/C12H15NO2/c1-14-8-12-11-4-3-10(15-2)7-9(11)5-6-13-12/h3-4,7H,5-6,8H2,1-2H3.